The lowest BCUT2D eigenvalue weighted by atomic mass is 9.97. The summed E-state index contributed by atoms with van der Waals surface area (Å²) in [4.78, 5) is 0. The Balaban J connectivity index is 2.14. The molecule has 6 nitrogen and oxygen atoms in total. The summed E-state index contributed by atoms with van der Waals surface area (Å²) in [5.74, 6) is 0.470. The van der Waals surface area contributed by atoms with E-state index in [2.05, 4.69) is 29.4 Å². The topological polar surface area (TPSA) is 78.1 Å². The minimum Gasteiger partial charge on any atom is -0.313 e. The molecule has 1 aliphatic heterocycles. The van der Waals surface area contributed by atoms with Crippen LogP contribution in [0.15, 0.2) is 11.2 Å². The fourth-order valence-electron chi connectivity index (χ4n) is 2.76. The van der Waals surface area contributed by atoms with E-state index in [9.17, 15) is 8.42 Å². The van der Waals surface area contributed by atoms with Gasteiger partial charge in [-0.3, -0.25) is 5.10 Å². The molecule has 1 aromatic rings. The molecule has 0 saturated carbocycles. The average molecular weight is 314 g/mol. The van der Waals surface area contributed by atoms with Crippen molar-refractivity contribution in [1.82, 2.24) is 19.8 Å². The maximum atomic E-state index is 12.8. The fraction of sp³-hybridized carbons (Fsp3) is 0.786. The second-order valence-corrected chi connectivity index (χ2v) is 7.56. The van der Waals surface area contributed by atoms with Crippen LogP contribution in [-0.2, 0) is 16.6 Å². The summed E-state index contributed by atoms with van der Waals surface area (Å²) >= 11 is 0. The molecule has 0 aromatic carbocycles. The summed E-state index contributed by atoms with van der Waals surface area (Å²) in [5, 5.41) is 10.1. The van der Waals surface area contributed by atoms with Crippen molar-refractivity contribution in [2.24, 2.45) is 5.92 Å². The van der Waals surface area contributed by atoms with Crippen molar-refractivity contribution in [2.45, 2.75) is 51.1 Å². The molecule has 2 rings (SSSR count). The number of aromatic nitrogens is 2. The second kappa shape index (κ2) is 7.38. The normalized spacial score (nSPS) is 20.8. The first kappa shape index (κ1) is 16.5. The zero-order valence-corrected chi connectivity index (χ0v) is 13.7. The minimum atomic E-state index is -3.45. The number of hydrogen-bond donors (Lipinski definition) is 2. The molecule has 0 aliphatic carbocycles. The van der Waals surface area contributed by atoms with Crippen molar-refractivity contribution >= 4 is 10.0 Å². The van der Waals surface area contributed by atoms with Gasteiger partial charge in [-0.25, -0.2) is 8.42 Å². The van der Waals surface area contributed by atoms with E-state index >= 15 is 0 Å². The Labute approximate surface area is 127 Å². The van der Waals surface area contributed by atoms with Crippen LogP contribution in [0.5, 0.6) is 0 Å². The molecule has 1 fully saturated rings. The van der Waals surface area contributed by atoms with Gasteiger partial charge >= 0.3 is 0 Å². The molecule has 1 saturated heterocycles. The summed E-state index contributed by atoms with van der Waals surface area (Å²) in [5.41, 5.74) is 0.724. The van der Waals surface area contributed by atoms with Gasteiger partial charge in [0.25, 0.3) is 10.0 Å². The Morgan fingerprint density at radius 3 is 3.00 bits per heavy atom. The van der Waals surface area contributed by atoms with Gasteiger partial charge in [0.2, 0.25) is 0 Å². The molecular formula is C14H26N4O2S. The summed E-state index contributed by atoms with van der Waals surface area (Å²) < 4.78 is 27.2. The van der Waals surface area contributed by atoms with E-state index in [0.717, 1.165) is 37.8 Å². The predicted molar refractivity (Wildman–Crippen MR) is 82.4 cm³/mol. The lowest BCUT2D eigenvalue weighted by Gasteiger charge is -2.31. The number of piperidine rings is 1. The second-order valence-electron chi connectivity index (χ2n) is 5.68. The molecular weight excluding hydrogens is 288 g/mol. The summed E-state index contributed by atoms with van der Waals surface area (Å²) in [6.07, 6.45) is 5.71. The number of H-pyrrole nitrogens is 1. The average Bonchev–Trinajstić information content (AvgIpc) is 2.97. The van der Waals surface area contributed by atoms with Gasteiger partial charge in [0.15, 0.2) is 5.03 Å². The van der Waals surface area contributed by atoms with Crippen LogP contribution < -0.4 is 5.32 Å². The summed E-state index contributed by atoms with van der Waals surface area (Å²) in [6, 6.07) is 0. The van der Waals surface area contributed by atoms with Crippen LogP contribution in [0.1, 0.15) is 45.1 Å². The monoisotopic (exact) mass is 314 g/mol. The Hall–Kier alpha value is -0.920. The largest absolute Gasteiger partial charge is 0.313 e. The Morgan fingerprint density at radius 1 is 1.48 bits per heavy atom. The van der Waals surface area contributed by atoms with Crippen molar-refractivity contribution in [3.63, 3.8) is 0 Å². The Bertz CT molecular complexity index is 541. The lowest BCUT2D eigenvalue weighted by Crippen LogP contribution is -2.40. The smallest absolute Gasteiger partial charge is 0.260 e. The van der Waals surface area contributed by atoms with Crippen LogP contribution in [0.2, 0.25) is 0 Å². The molecule has 1 unspecified atom stereocenters. The van der Waals surface area contributed by atoms with E-state index in [1.165, 1.54) is 0 Å². The molecule has 21 heavy (non-hydrogen) atoms. The standard InChI is InChI=1S/C14H26N4O2S/c1-3-7-15-9-13-10-16-17-14(13)21(19,20)18-8-5-6-12(4-2)11-18/h10,12,15H,3-9,11H2,1-2H3,(H,16,17). The molecule has 1 aliphatic rings. The van der Waals surface area contributed by atoms with E-state index in [1.807, 2.05) is 0 Å². The zero-order chi connectivity index (χ0) is 15.3. The van der Waals surface area contributed by atoms with Gasteiger partial charge in [-0.05, 0) is 31.7 Å². The Morgan fingerprint density at radius 2 is 2.29 bits per heavy atom. The van der Waals surface area contributed by atoms with Crippen LogP contribution >= 0.6 is 0 Å². The van der Waals surface area contributed by atoms with Crippen LogP contribution in [-0.4, -0.2) is 42.6 Å². The van der Waals surface area contributed by atoms with Crippen molar-refractivity contribution in [2.75, 3.05) is 19.6 Å². The number of nitrogens with zero attached hydrogens (tertiary/aromatic N) is 2. The summed E-state index contributed by atoms with van der Waals surface area (Å²) in [6.45, 7) is 6.84. The van der Waals surface area contributed by atoms with Crippen LogP contribution in [0, 0.1) is 5.92 Å². The Kier molecular flexibility index (Phi) is 5.78. The van der Waals surface area contributed by atoms with Gasteiger partial charge in [0, 0.05) is 25.2 Å². The molecule has 1 atom stereocenters. The van der Waals surface area contributed by atoms with Gasteiger partial charge < -0.3 is 5.32 Å². The zero-order valence-electron chi connectivity index (χ0n) is 12.9. The maximum absolute atomic E-state index is 12.8. The van der Waals surface area contributed by atoms with Crippen molar-refractivity contribution < 1.29 is 8.42 Å². The molecule has 2 N–H and O–H groups in total. The molecule has 0 amide bonds. The van der Waals surface area contributed by atoms with E-state index in [1.54, 1.807) is 10.5 Å². The van der Waals surface area contributed by atoms with Gasteiger partial charge in [-0.15, -0.1) is 0 Å². The minimum absolute atomic E-state index is 0.253. The van der Waals surface area contributed by atoms with E-state index in [-0.39, 0.29) is 5.03 Å². The van der Waals surface area contributed by atoms with Crippen molar-refractivity contribution in [3.05, 3.63) is 11.8 Å². The highest BCUT2D eigenvalue weighted by Gasteiger charge is 2.32. The molecule has 7 heteroatoms. The predicted octanol–water partition coefficient (Wildman–Crippen LogP) is 1.72. The highest BCUT2D eigenvalue weighted by Crippen LogP contribution is 2.25. The van der Waals surface area contributed by atoms with Crippen molar-refractivity contribution in [1.29, 1.82) is 0 Å². The van der Waals surface area contributed by atoms with Gasteiger partial charge in [-0.1, -0.05) is 20.3 Å². The van der Waals surface area contributed by atoms with Crippen LogP contribution in [0.3, 0.4) is 0 Å². The quantitative estimate of drug-likeness (QED) is 0.751. The number of nitrogens with one attached hydrogen (secondary N) is 2. The maximum Gasteiger partial charge on any atom is 0.260 e. The van der Waals surface area contributed by atoms with E-state index < -0.39 is 10.0 Å². The van der Waals surface area contributed by atoms with Crippen molar-refractivity contribution in [3.8, 4) is 0 Å². The SMILES string of the molecule is CCCNCc1cn[nH]c1S(=O)(=O)N1CCCC(CC)C1. The molecule has 0 radical (unpaired) electrons. The number of aromatic amines is 1. The third-order valence-electron chi connectivity index (χ3n) is 4.08. The molecule has 0 bridgehead atoms. The van der Waals surface area contributed by atoms with Crippen LogP contribution in [0.4, 0.5) is 0 Å². The first-order chi connectivity index (χ1) is 10.1. The van der Waals surface area contributed by atoms with E-state index in [0.29, 0.717) is 25.6 Å². The lowest BCUT2D eigenvalue weighted by molar-refractivity contribution is 0.261. The molecule has 0 spiro atoms. The van der Waals surface area contributed by atoms with Gasteiger partial charge in [0.1, 0.15) is 0 Å². The van der Waals surface area contributed by atoms with Gasteiger partial charge in [-0.2, -0.15) is 9.40 Å². The molecule has 120 valence electrons. The highest BCUT2D eigenvalue weighted by atomic mass is 32.2. The first-order valence-corrected chi connectivity index (χ1v) is 9.26. The van der Waals surface area contributed by atoms with Crippen LogP contribution in [0.25, 0.3) is 0 Å². The highest BCUT2D eigenvalue weighted by molar-refractivity contribution is 7.89. The third kappa shape index (κ3) is 3.84. The summed E-state index contributed by atoms with van der Waals surface area (Å²) in [7, 11) is -3.45. The fourth-order valence-corrected chi connectivity index (χ4v) is 4.41. The number of rotatable bonds is 7. The van der Waals surface area contributed by atoms with Gasteiger partial charge in [0.05, 0.1) is 6.20 Å². The first-order valence-electron chi connectivity index (χ1n) is 7.82. The third-order valence-corrected chi connectivity index (χ3v) is 5.96. The molecule has 2 heterocycles. The number of sulfonamides is 1. The number of hydrogen-bond acceptors (Lipinski definition) is 4. The molecule has 1 aromatic heterocycles. The van der Waals surface area contributed by atoms with E-state index in [4.69, 9.17) is 0 Å².